The summed E-state index contributed by atoms with van der Waals surface area (Å²) < 4.78 is 39.9. The summed E-state index contributed by atoms with van der Waals surface area (Å²) in [7, 11) is 0. The van der Waals surface area contributed by atoms with Crippen LogP contribution in [0.15, 0.2) is 12.1 Å². The molecular formula is C12H15ClF3N3O2. The fourth-order valence-electron chi connectivity index (χ4n) is 1.39. The van der Waals surface area contributed by atoms with Crippen molar-refractivity contribution < 1.29 is 22.7 Å². The van der Waals surface area contributed by atoms with E-state index in [-0.39, 0.29) is 23.9 Å². The predicted octanol–water partition coefficient (Wildman–Crippen LogP) is 2.48. The quantitative estimate of drug-likeness (QED) is 0.756. The lowest BCUT2D eigenvalue weighted by Gasteiger charge is -2.10. The Balaban J connectivity index is 2.46. The lowest BCUT2D eigenvalue weighted by atomic mass is 10.3. The zero-order valence-corrected chi connectivity index (χ0v) is 12.0. The van der Waals surface area contributed by atoms with Crippen molar-refractivity contribution in [2.24, 2.45) is 0 Å². The Hall–Kier alpha value is -1.54. The fraction of sp³-hybridized carbons (Fsp3) is 0.500. The molecule has 0 saturated carbocycles. The van der Waals surface area contributed by atoms with E-state index in [1.807, 2.05) is 6.92 Å². The molecule has 0 aliphatic rings. The van der Waals surface area contributed by atoms with Gasteiger partial charge in [0.25, 0.3) is 5.91 Å². The topological polar surface area (TPSA) is 63.2 Å². The zero-order chi connectivity index (χ0) is 15.9. The van der Waals surface area contributed by atoms with Gasteiger partial charge in [-0.05, 0) is 19.1 Å². The molecule has 1 aromatic rings. The molecule has 0 unspecified atom stereocenters. The van der Waals surface area contributed by atoms with Crippen LogP contribution in [0.4, 0.5) is 19.0 Å². The molecule has 1 rings (SSSR count). The van der Waals surface area contributed by atoms with Crippen molar-refractivity contribution in [1.82, 2.24) is 10.3 Å². The van der Waals surface area contributed by atoms with E-state index in [1.54, 1.807) is 6.07 Å². The van der Waals surface area contributed by atoms with Crippen molar-refractivity contribution in [3.63, 3.8) is 0 Å². The first kappa shape index (κ1) is 17.5. The maximum absolute atomic E-state index is 11.8. The van der Waals surface area contributed by atoms with Crippen LogP contribution in [0.3, 0.4) is 0 Å². The van der Waals surface area contributed by atoms with E-state index in [9.17, 15) is 18.0 Å². The molecule has 0 fully saturated rings. The highest BCUT2D eigenvalue weighted by atomic mass is 35.5. The maximum Gasteiger partial charge on any atom is 0.411 e. The van der Waals surface area contributed by atoms with Gasteiger partial charge >= 0.3 is 6.18 Å². The van der Waals surface area contributed by atoms with Crippen molar-refractivity contribution in [3.05, 3.63) is 22.8 Å². The summed E-state index contributed by atoms with van der Waals surface area (Å²) in [6.45, 7) is 0.820. The fourth-order valence-corrected chi connectivity index (χ4v) is 1.58. The molecule has 1 amide bonds. The lowest BCUT2D eigenvalue weighted by molar-refractivity contribution is -0.173. The summed E-state index contributed by atoms with van der Waals surface area (Å²) in [6.07, 6.45) is -4.38. The van der Waals surface area contributed by atoms with Crippen LogP contribution in [-0.2, 0) is 4.74 Å². The summed E-state index contributed by atoms with van der Waals surface area (Å²) in [6, 6.07) is 3.14. The van der Waals surface area contributed by atoms with Crippen molar-refractivity contribution in [2.45, 2.75) is 13.1 Å². The third-order valence-electron chi connectivity index (χ3n) is 2.22. The Morgan fingerprint density at radius 2 is 2.14 bits per heavy atom. The molecule has 21 heavy (non-hydrogen) atoms. The normalized spacial score (nSPS) is 11.3. The summed E-state index contributed by atoms with van der Waals surface area (Å²) in [5.41, 5.74) is 0.00550. The van der Waals surface area contributed by atoms with E-state index in [0.29, 0.717) is 12.4 Å². The number of alkyl halides is 3. The van der Waals surface area contributed by atoms with Crippen molar-refractivity contribution in [1.29, 1.82) is 0 Å². The van der Waals surface area contributed by atoms with Crippen molar-refractivity contribution in [3.8, 4) is 0 Å². The van der Waals surface area contributed by atoms with Gasteiger partial charge in [-0.3, -0.25) is 4.79 Å². The Morgan fingerprint density at radius 3 is 2.76 bits per heavy atom. The molecule has 0 radical (unpaired) electrons. The minimum absolute atomic E-state index is 0.00550. The third kappa shape index (κ3) is 6.63. The first-order valence-corrected chi connectivity index (χ1v) is 6.54. The Kier molecular flexibility index (Phi) is 6.70. The first-order chi connectivity index (χ1) is 9.83. The number of pyridine rings is 1. The van der Waals surface area contributed by atoms with Crippen molar-refractivity contribution in [2.75, 3.05) is 31.6 Å². The van der Waals surface area contributed by atoms with Gasteiger partial charge in [0.15, 0.2) is 0 Å². The molecule has 0 atom stereocenters. The van der Waals surface area contributed by atoms with E-state index in [1.165, 1.54) is 6.07 Å². The largest absolute Gasteiger partial charge is 0.411 e. The molecule has 0 aromatic carbocycles. The monoisotopic (exact) mass is 325 g/mol. The van der Waals surface area contributed by atoms with E-state index >= 15 is 0 Å². The molecule has 0 bridgehead atoms. The van der Waals surface area contributed by atoms with Gasteiger partial charge in [-0.15, -0.1) is 0 Å². The Morgan fingerprint density at radius 1 is 1.43 bits per heavy atom. The minimum atomic E-state index is -4.38. The van der Waals surface area contributed by atoms with Crippen LogP contribution in [0, 0.1) is 0 Å². The Labute approximate surface area is 124 Å². The van der Waals surface area contributed by atoms with E-state index < -0.39 is 18.7 Å². The van der Waals surface area contributed by atoms with Crippen LogP contribution in [0.5, 0.6) is 0 Å². The van der Waals surface area contributed by atoms with Crippen LogP contribution in [-0.4, -0.2) is 43.4 Å². The number of hydrogen-bond donors (Lipinski definition) is 2. The second-order valence-corrected chi connectivity index (χ2v) is 4.39. The van der Waals surface area contributed by atoms with Crippen LogP contribution in [0.25, 0.3) is 0 Å². The number of nitrogens with zero attached hydrogens (tertiary/aromatic N) is 1. The minimum Gasteiger partial charge on any atom is -0.370 e. The third-order valence-corrected chi connectivity index (χ3v) is 2.52. The highest BCUT2D eigenvalue weighted by Crippen LogP contribution is 2.16. The standard InChI is InChI=1S/C12H15ClF3N3O2/c1-2-17-9-4-3-8(13)10(19-9)11(20)18-5-6-21-7-12(14,15)16/h3-4H,2,5-7H2,1H3,(H,17,19)(H,18,20). The van der Waals surface area contributed by atoms with Crippen LogP contribution in [0.2, 0.25) is 5.02 Å². The highest BCUT2D eigenvalue weighted by molar-refractivity contribution is 6.33. The summed E-state index contributed by atoms with van der Waals surface area (Å²) in [4.78, 5) is 15.8. The number of aromatic nitrogens is 1. The summed E-state index contributed by atoms with van der Waals surface area (Å²) in [5, 5.41) is 5.47. The Bertz CT molecular complexity index is 483. The van der Waals surface area contributed by atoms with Gasteiger partial charge in [0.2, 0.25) is 0 Å². The zero-order valence-electron chi connectivity index (χ0n) is 11.3. The molecule has 0 spiro atoms. The number of anilines is 1. The van der Waals surface area contributed by atoms with Gasteiger partial charge in [-0.2, -0.15) is 13.2 Å². The number of carbonyl (C=O) groups excluding carboxylic acids is 1. The van der Waals surface area contributed by atoms with Gasteiger partial charge in [0.05, 0.1) is 11.6 Å². The van der Waals surface area contributed by atoms with Crippen molar-refractivity contribution >= 4 is 23.3 Å². The molecule has 0 aliphatic carbocycles. The van der Waals surface area contributed by atoms with Crippen LogP contribution < -0.4 is 10.6 Å². The van der Waals surface area contributed by atoms with Gasteiger partial charge < -0.3 is 15.4 Å². The highest BCUT2D eigenvalue weighted by Gasteiger charge is 2.27. The predicted molar refractivity (Wildman–Crippen MR) is 72.6 cm³/mol. The van der Waals surface area contributed by atoms with E-state index in [4.69, 9.17) is 11.6 Å². The number of nitrogens with one attached hydrogen (secondary N) is 2. The van der Waals surface area contributed by atoms with Crippen LogP contribution in [0.1, 0.15) is 17.4 Å². The summed E-state index contributed by atoms with van der Waals surface area (Å²) in [5.74, 6) is -0.0873. The molecule has 1 aromatic heterocycles. The number of carbonyl (C=O) groups is 1. The van der Waals surface area contributed by atoms with Gasteiger partial charge in [0.1, 0.15) is 18.1 Å². The number of amides is 1. The average molecular weight is 326 g/mol. The summed E-state index contributed by atoms with van der Waals surface area (Å²) >= 11 is 5.86. The molecule has 0 saturated heterocycles. The number of ether oxygens (including phenoxy) is 1. The molecule has 5 nitrogen and oxygen atoms in total. The van der Waals surface area contributed by atoms with E-state index in [0.717, 1.165) is 0 Å². The molecule has 118 valence electrons. The van der Waals surface area contributed by atoms with Crippen LogP contribution >= 0.6 is 11.6 Å². The molecule has 2 N–H and O–H groups in total. The lowest BCUT2D eigenvalue weighted by Crippen LogP contribution is -2.29. The van der Waals surface area contributed by atoms with Gasteiger partial charge in [-0.25, -0.2) is 4.98 Å². The average Bonchev–Trinajstić information content (AvgIpc) is 2.39. The molecular weight excluding hydrogens is 311 g/mol. The van der Waals surface area contributed by atoms with E-state index in [2.05, 4.69) is 20.4 Å². The van der Waals surface area contributed by atoms with Gasteiger partial charge in [-0.1, -0.05) is 11.6 Å². The second kappa shape index (κ2) is 8.04. The number of rotatable bonds is 7. The molecule has 0 aliphatic heterocycles. The second-order valence-electron chi connectivity index (χ2n) is 3.98. The first-order valence-electron chi connectivity index (χ1n) is 6.16. The smallest absolute Gasteiger partial charge is 0.370 e. The molecule has 1 heterocycles. The SMILES string of the molecule is CCNc1ccc(Cl)c(C(=O)NCCOCC(F)(F)F)n1. The molecule has 9 heteroatoms. The van der Waals surface area contributed by atoms with Gasteiger partial charge in [0, 0.05) is 13.1 Å². The number of hydrogen-bond acceptors (Lipinski definition) is 4. The maximum atomic E-state index is 11.8. The number of halogens is 4.